The number of rotatable bonds is 2. The smallest absolute Gasteiger partial charge is 0.244 e. The van der Waals surface area contributed by atoms with Crippen molar-refractivity contribution in [3.8, 4) is 0 Å². The molecule has 1 N–H and O–H groups in total. The lowest BCUT2D eigenvalue weighted by atomic mass is 9.77. The zero-order chi connectivity index (χ0) is 13.5. The van der Waals surface area contributed by atoms with Crippen LogP contribution >= 0.6 is 0 Å². The van der Waals surface area contributed by atoms with Crippen LogP contribution in [-0.4, -0.2) is 23.3 Å². The molecule has 2 unspecified atom stereocenters. The third-order valence-electron chi connectivity index (χ3n) is 4.51. The molecule has 2 aliphatic heterocycles. The first kappa shape index (κ1) is 13.1. The van der Waals surface area contributed by atoms with Gasteiger partial charge in [0.05, 0.1) is 6.04 Å². The zero-order valence-electron chi connectivity index (χ0n) is 12.0. The van der Waals surface area contributed by atoms with Crippen molar-refractivity contribution in [2.45, 2.75) is 58.1 Å². The van der Waals surface area contributed by atoms with Gasteiger partial charge in [-0.05, 0) is 44.6 Å². The second-order valence-electron chi connectivity index (χ2n) is 6.62. The van der Waals surface area contributed by atoms with Crippen molar-refractivity contribution in [3.63, 3.8) is 0 Å². The molecule has 0 amide bonds. The van der Waals surface area contributed by atoms with Crippen molar-refractivity contribution < 1.29 is 9.26 Å². The van der Waals surface area contributed by atoms with Gasteiger partial charge in [0, 0.05) is 6.61 Å². The SMILES string of the molecule is CC1(c2noc(C3NCCCC3(C)C)n2)CCCO1. The van der Waals surface area contributed by atoms with Crippen molar-refractivity contribution in [2.75, 3.05) is 13.2 Å². The highest BCUT2D eigenvalue weighted by atomic mass is 16.5. The van der Waals surface area contributed by atoms with Crippen molar-refractivity contribution in [3.05, 3.63) is 11.7 Å². The van der Waals surface area contributed by atoms with Crippen molar-refractivity contribution >= 4 is 0 Å². The van der Waals surface area contributed by atoms with Gasteiger partial charge in [0.15, 0.2) is 0 Å². The standard InChI is InChI=1S/C14H23N3O2/c1-13(2)6-4-8-15-10(13)11-16-12(17-19-11)14(3)7-5-9-18-14/h10,15H,4-9H2,1-3H3. The average Bonchev–Trinajstić information content (AvgIpc) is 2.98. The highest BCUT2D eigenvalue weighted by Gasteiger charge is 2.40. The number of nitrogens with zero attached hydrogens (tertiary/aromatic N) is 2. The maximum Gasteiger partial charge on any atom is 0.244 e. The number of nitrogens with one attached hydrogen (secondary N) is 1. The van der Waals surface area contributed by atoms with E-state index in [2.05, 4.69) is 29.3 Å². The van der Waals surface area contributed by atoms with Gasteiger partial charge in [-0.3, -0.25) is 0 Å². The second-order valence-corrected chi connectivity index (χ2v) is 6.62. The quantitative estimate of drug-likeness (QED) is 0.890. The maximum atomic E-state index is 5.77. The van der Waals surface area contributed by atoms with Gasteiger partial charge in [-0.1, -0.05) is 19.0 Å². The number of hydrogen-bond donors (Lipinski definition) is 1. The predicted molar refractivity (Wildman–Crippen MR) is 70.6 cm³/mol. The van der Waals surface area contributed by atoms with Crippen molar-refractivity contribution in [1.29, 1.82) is 0 Å². The van der Waals surface area contributed by atoms with Crippen LogP contribution in [0, 0.1) is 5.41 Å². The fourth-order valence-corrected chi connectivity index (χ4v) is 3.16. The Labute approximate surface area is 114 Å². The molecule has 0 aromatic carbocycles. The summed E-state index contributed by atoms with van der Waals surface area (Å²) in [6.45, 7) is 8.35. The summed E-state index contributed by atoms with van der Waals surface area (Å²) in [5.41, 5.74) is -0.208. The van der Waals surface area contributed by atoms with Gasteiger partial charge in [-0.25, -0.2) is 0 Å². The number of hydrogen-bond acceptors (Lipinski definition) is 5. The van der Waals surface area contributed by atoms with Gasteiger partial charge >= 0.3 is 0 Å². The van der Waals surface area contributed by atoms with Crippen LogP contribution in [0.2, 0.25) is 0 Å². The van der Waals surface area contributed by atoms with E-state index in [1.807, 2.05) is 6.92 Å². The van der Waals surface area contributed by atoms with Crippen LogP contribution in [-0.2, 0) is 10.3 Å². The van der Waals surface area contributed by atoms with E-state index < -0.39 is 0 Å². The van der Waals surface area contributed by atoms with Gasteiger partial charge in [-0.15, -0.1) is 0 Å². The van der Waals surface area contributed by atoms with Crippen LogP contribution in [0.4, 0.5) is 0 Å². The summed E-state index contributed by atoms with van der Waals surface area (Å²) in [5, 5.41) is 7.66. The Bertz CT molecular complexity index is 449. The molecule has 1 aromatic rings. The normalized spacial score (nSPS) is 34.6. The van der Waals surface area contributed by atoms with Crippen LogP contribution in [0.5, 0.6) is 0 Å². The fraction of sp³-hybridized carbons (Fsp3) is 0.857. The summed E-state index contributed by atoms with van der Waals surface area (Å²) >= 11 is 0. The molecule has 0 bridgehead atoms. The predicted octanol–water partition coefficient (Wildman–Crippen LogP) is 2.55. The third-order valence-corrected chi connectivity index (χ3v) is 4.51. The van der Waals surface area contributed by atoms with Gasteiger partial charge in [0.25, 0.3) is 0 Å². The molecule has 1 aromatic heterocycles. The Kier molecular flexibility index (Phi) is 3.14. The van der Waals surface area contributed by atoms with Crippen molar-refractivity contribution in [2.24, 2.45) is 5.41 Å². The van der Waals surface area contributed by atoms with Crippen molar-refractivity contribution in [1.82, 2.24) is 15.5 Å². The molecule has 5 nitrogen and oxygen atoms in total. The second kappa shape index (κ2) is 4.56. The molecule has 0 spiro atoms. The Morgan fingerprint density at radius 3 is 2.74 bits per heavy atom. The molecule has 2 atom stereocenters. The van der Waals surface area contributed by atoms with E-state index in [0.717, 1.165) is 26.0 Å². The summed E-state index contributed by atoms with van der Waals surface area (Å²) in [6.07, 6.45) is 4.41. The lowest BCUT2D eigenvalue weighted by Gasteiger charge is -2.36. The van der Waals surface area contributed by atoms with Gasteiger partial charge in [0.2, 0.25) is 11.7 Å². The first-order valence-corrected chi connectivity index (χ1v) is 7.23. The molecule has 2 aliphatic rings. The number of aromatic nitrogens is 2. The lowest BCUT2D eigenvalue weighted by molar-refractivity contribution is 0.00768. The number of ether oxygens (including phenoxy) is 1. The molecule has 3 rings (SSSR count). The Morgan fingerprint density at radius 2 is 2.05 bits per heavy atom. The Hall–Kier alpha value is -0.940. The molecule has 2 fully saturated rings. The summed E-state index contributed by atoms with van der Waals surface area (Å²) in [7, 11) is 0. The Balaban J connectivity index is 1.84. The minimum Gasteiger partial charge on any atom is -0.367 e. The van der Waals surface area contributed by atoms with E-state index in [1.165, 1.54) is 12.8 Å². The highest BCUT2D eigenvalue weighted by molar-refractivity contribution is 5.06. The molecule has 2 saturated heterocycles. The summed E-state index contributed by atoms with van der Waals surface area (Å²) in [5.74, 6) is 1.40. The largest absolute Gasteiger partial charge is 0.367 e. The van der Waals surface area contributed by atoms with E-state index in [-0.39, 0.29) is 17.1 Å². The van der Waals surface area contributed by atoms with Gasteiger partial charge in [-0.2, -0.15) is 4.98 Å². The van der Waals surface area contributed by atoms with E-state index >= 15 is 0 Å². The Morgan fingerprint density at radius 1 is 1.21 bits per heavy atom. The molecule has 3 heterocycles. The van der Waals surface area contributed by atoms with Gasteiger partial charge in [0.1, 0.15) is 5.60 Å². The molecule has 0 radical (unpaired) electrons. The maximum absolute atomic E-state index is 5.77. The molecular weight excluding hydrogens is 242 g/mol. The van der Waals surface area contributed by atoms with Crippen LogP contribution in [0.1, 0.15) is 64.2 Å². The van der Waals surface area contributed by atoms with Crippen LogP contribution in [0.3, 0.4) is 0 Å². The topological polar surface area (TPSA) is 60.2 Å². The van der Waals surface area contributed by atoms with Crippen LogP contribution < -0.4 is 5.32 Å². The molecule has 106 valence electrons. The zero-order valence-corrected chi connectivity index (χ0v) is 12.0. The number of piperidine rings is 1. The summed E-state index contributed by atoms with van der Waals surface area (Å²) < 4.78 is 11.3. The fourth-order valence-electron chi connectivity index (χ4n) is 3.16. The van der Waals surface area contributed by atoms with Crippen LogP contribution in [0.25, 0.3) is 0 Å². The van der Waals surface area contributed by atoms with Gasteiger partial charge < -0.3 is 14.6 Å². The molecular formula is C14H23N3O2. The average molecular weight is 265 g/mol. The first-order valence-electron chi connectivity index (χ1n) is 7.23. The lowest BCUT2D eigenvalue weighted by Crippen LogP contribution is -2.40. The van der Waals surface area contributed by atoms with E-state index in [4.69, 9.17) is 9.26 Å². The van der Waals surface area contributed by atoms with E-state index in [9.17, 15) is 0 Å². The molecule has 5 heteroatoms. The first-order chi connectivity index (χ1) is 9.01. The summed E-state index contributed by atoms with van der Waals surface area (Å²) in [4.78, 5) is 4.62. The third kappa shape index (κ3) is 2.30. The monoisotopic (exact) mass is 265 g/mol. The van der Waals surface area contributed by atoms with Crippen LogP contribution in [0.15, 0.2) is 4.52 Å². The van der Waals surface area contributed by atoms with E-state index in [1.54, 1.807) is 0 Å². The molecule has 0 saturated carbocycles. The molecule has 0 aliphatic carbocycles. The molecule has 19 heavy (non-hydrogen) atoms. The minimum atomic E-state index is -0.361. The minimum absolute atomic E-state index is 0.146. The summed E-state index contributed by atoms with van der Waals surface area (Å²) in [6, 6.07) is 0.146. The highest BCUT2D eigenvalue weighted by Crippen LogP contribution is 2.40. The van der Waals surface area contributed by atoms with E-state index in [0.29, 0.717) is 11.7 Å².